The fourth-order valence-corrected chi connectivity index (χ4v) is 4.60. The summed E-state index contributed by atoms with van der Waals surface area (Å²) in [5, 5.41) is 4.43. The summed E-state index contributed by atoms with van der Waals surface area (Å²) in [6, 6.07) is 15.5. The third kappa shape index (κ3) is 3.60. The zero-order valence-corrected chi connectivity index (χ0v) is 19.8. The van der Waals surface area contributed by atoms with E-state index in [1.165, 1.54) is 31.5 Å². The number of hydrogen-bond acceptors (Lipinski definition) is 6. The number of rotatable bonds is 5. The molecule has 6 rings (SSSR count). The predicted octanol–water partition coefficient (Wildman–Crippen LogP) is 3.00. The number of methoxy groups -OCH3 is 1. The number of imide groups is 1. The van der Waals surface area contributed by atoms with Crippen molar-refractivity contribution < 1.29 is 18.7 Å². The molecule has 0 spiro atoms. The number of carbonyl (C=O) groups excluding carboxylic acids is 2. The molecule has 0 saturated carbocycles. The van der Waals surface area contributed by atoms with Crippen molar-refractivity contribution >= 4 is 40.0 Å². The first-order chi connectivity index (χ1) is 18.4. The van der Waals surface area contributed by atoms with Crippen LogP contribution in [0.15, 0.2) is 75.4 Å². The highest BCUT2D eigenvalue weighted by Gasteiger charge is 2.35. The Morgan fingerprint density at radius 2 is 1.66 bits per heavy atom. The molecule has 0 saturated heterocycles. The number of H-pyrrole nitrogens is 2. The van der Waals surface area contributed by atoms with E-state index < -0.39 is 28.9 Å². The second kappa shape index (κ2) is 8.66. The van der Waals surface area contributed by atoms with E-state index in [9.17, 15) is 23.6 Å². The Hall–Kier alpha value is -5.32. The van der Waals surface area contributed by atoms with Gasteiger partial charge in [0.05, 0.1) is 36.5 Å². The first kappa shape index (κ1) is 23.1. The lowest BCUT2D eigenvalue weighted by molar-refractivity contribution is 0.0641. The third-order valence-corrected chi connectivity index (χ3v) is 6.42. The summed E-state index contributed by atoms with van der Waals surface area (Å²) in [6.45, 7) is -0.0463. The number of nitrogens with one attached hydrogen (secondary N) is 2. The van der Waals surface area contributed by atoms with E-state index >= 15 is 0 Å². The Kier molecular flexibility index (Phi) is 5.26. The Balaban J connectivity index is 1.35. The largest absolute Gasteiger partial charge is 0.496 e. The van der Waals surface area contributed by atoms with Crippen LogP contribution in [0.1, 0.15) is 31.8 Å². The lowest BCUT2D eigenvalue weighted by Gasteiger charge is -2.16. The molecule has 2 N–H and O–H groups in total. The lowest BCUT2D eigenvalue weighted by atomic mass is 10.1. The Morgan fingerprint density at radius 1 is 0.921 bits per heavy atom. The molecular formula is C27H18FN5O5. The van der Waals surface area contributed by atoms with Crippen molar-refractivity contribution in [2.45, 2.75) is 6.54 Å². The fraction of sp³-hybridized carbons (Fsp3) is 0.0741. The molecule has 5 aromatic rings. The average Bonchev–Trinajstić information content (AvgIpc) is 3.39. The van der Waals surface area contributed by atoms with Crippen molar-refractivity contribution in [1.82, 2.24) is 19.5 Å². The van der Waals surface area contributed by atoms with Gasteiger partial charge in [-0.2, -0.15) is 5.10 Å². The second-order valence-electron chi connectivity index (χ2n) is 8.67. The van der Waals surface area contributed by atoms with Crippen LogP contribution in [0, 0.1) is 5.82 Å². The van der Waals surface area contributed by atoms with E-state index in [0.29, 0.717) is 43.6 Å². The first-order valence-electron chi connectivity index (χ1n) is 11.5. The quantitative estimate of drug-likeness (QED) is 0.277. The van der Waals surface area contributed by atoms with Crippen LogP contribution in [-0.2, 0) is 6.54 Å². The highest BCUT2D eigenvalue weighted by Crippen LogP contribution is 2.28. The van der Waals surface area contributed by atoms with Gasteiger partial charge in [-0.15, -0.1) is 4.68 Å². The molecule has 38 heavy (non-hydrogen) atoms. The van der Waals surface area contributed by atoms with Gasteiger partial charge in [0.1, 0.15) is 17.1 Å². The smallest absolute Gasteiger partial charge is 0.350 e. The highest BCUT2D eigenvalue weighted by atomic mass is 19.1. The number of halogens is 1. The van der Waals surface area contributed by atoms with Crippen LogP contribution < -0.4 is 16.0 Å². The van der Waals surface area contributed by atoms with Crippen molar-refractivity contribution in [3.05, 3.63) is 110 Å². The molecule has 10 nitrogen and oxygen atoms in total. The van der Waals surface area contributed by atoms with Crippen molar-refractivity contribution in [1.29, 1.82) is 0 Å². The number of nitrogens with zero attached hydrogens (tertiary/aromatic N) is 3. The molecule has 3 heterocycles. The van der Waals surface area contributed by atoms with Gasteiger partial charge in [-0.05, 0) is 54.1 Å². The molecule has 2 aromatic heterocycles. The van der Waals surface area contributed by atoms with Gasteiger partial charge in [-0.1, -0.05) is 12.1 Å². The maximum absolute atomic E-state index is 13.7. The number of aromatic amines is 2. The van der Waals surface area contributed by atoms with Gasteiger partial charge in [-0.3, -0.25) is 19.3 Å². The predicted molar refractivity (Wildman–Crippen MR) is 137 cm³/mol. The minimum atomic E-state index is -0.802. The number of carbonyl (C=O) groups is 2. The van der Waals surface area contributed by atoms with Crippen LogP contribution in [0.5, 0.6) is 5.75 Å². The summed E-state index contributed by atoms with van der Waals surface area (Å²) in [6.07, 6.45) is 1.30. The van der Waals surface area contributed by atoms with Gasteiger partial charge in [0.15, 0.2) is 0 Å². The first-order valence-corrected chi connectivity index (χ1v) is 11.5. The minimum Gasteiger partial charge on any atom is -0.496 e. The Bertz CT molecular complexity index is 1920. The van der Waals surface area contributed by atoms with Crippen LogP contribution in [0.3, 0.4) is 0 Å². The SMILES string of the molecule is COc1ccc(/C=N\n2c(=O)[nH]c3c([nH]c4ccc(F)cc43)c2=O)cc1CN1C(=O)c2ccccc2C1=O. The lowest BCUT2D eigenvalue weighted by Crippen LogP contribution is -2.32. The van der Waals surface area contributed by atoms with Crippen molar-refractivity contribution in [2.24, 2.45) is 5.10 Å². The summed E-state index contributed by atoms with van der Waals surface area (Å²) in [7, 11) is 1.47. The number of aromatic nitrogens is 3. The minimum absolute atomic E-state index is 0.0463. The molecule has 0 unspecified atom stereocenters. The maximum atomic E-state index is 13.7. The van der Waals surface area contributed by atoms with Gasteiger partial charge in [0, 0.05) is 16.5 Å². The molecule has 188 valence electrons. The zero-order chi connectivity index (χ0) is 26.6. The number of hydrogen-bond donors (Lipinski definition) is 2. The van der Waals surface area contributed by atoms with Crippen LogP contribution in [0.4, 0.5) is 4.39 Å². The Morgan fingerprint density at radius 3 is 2.37 bits per heavy atom. The number of ether oxygens (including phenoxy) is 1. The van der Waals surface area contributed by atoms with Gasteiger partial charge in [0.2, 0.25) is 0 Å². The monoisotopic (exact) mass is 511 g/mol. The van der Waals surface area contributed by atoms with Crippen LogP contribution >= 0.6 is 0 Å². The van der Waals surface area contributed by atoms with Gasteiger partial charge in [-0.25, -0.2) is 9.18 Å². The van der Waals surface area contributed by atoms with Crippen molar-refractivity contribution in [3.8, 4) is 5.75 Å². The summed E-state index contributed by atoms with van der Waals surface area (Å²) >= 11 is 0. The maximum Gasteiger partial charge on any atom is 0.350 e. The molecule has 0 fully saturated rings. The molecule has 0 aliphatic carbocycles. The van der Waals surface area contributed by atoms with Crippen LogP contribution in [-0.4, -0.2) is 44.7 Å². The molecule has 2 amide bonds. The van der Waals surface area contributed by atoms with Crippen molar-refractivity contribution in [2.75, 3.05) is 7.11 Å². The molecule has 3 aromatic carbocycles. The van der Waals surface area contributed by atoms with Gasteiger partial charge < -0.3 is 14.7 Å². The highest BCUT2D eigenvalue weighted by molar-refractivity contribution is 6.21. The molecule has 0 bridgehead atoms. The zero-order valence-electron chi connectivity index (χ0n) is 19.8. The van der Waals surface area contributed by atoms with E-state index in [1.54, 1.807) is 42.5 Å². The summed E-state index contributed by atoms with van der Waals surface area (Å²) in [5.74, 6) is -0.869. The number of fused-ring (bicyclic) bond motifs is 4. The third-order valence-electron chi connectivity index (χ3n) is 6.42. The second-order valence-corrected chi connectivity index (χ2v) is 8.67. The standard InChI is InChI=1S/C27H18FN5O5/c1-38-21-9-6-14(10-15(21)13-32-24(34)17-4-2-3-5-18(17)25(32)35)12-29-33-26(36)23-22(31-27(33)37)19-11-16(28)7-8-20(19)30-23/h2-12,30H,13H2,1H3,(H,31,37)/b29-12-. The molecule has 0 atom stereocenters. The van der Waals surface area contributed by atoms with Crippen LogP contribution in [0.25, 0.3) is 21.9 Å². The molecule has 11 heteroatoms. The van der Waals surface area contributed by atoms with E-state index in [4.69, 9.17) is 4.74 Å². The normalized spacial score (nSPS) is 13.3. The van der Waals surface area contributed by atoms with E-state index in [0.717, 1.165) is 4.90 Å². The topological polar surface area (TPSA) is 130 Å². The van der Waals surface area contributed by atoms with Gasteiger partial charge >= 0.3 is 11.2 Å². The summed E-state index contributed by atoms with van der Waals surface area (Å²) in [5.41, 5.74) is 0.925. The molecular weight excluding hydrogens is 493 g/mol. The molecule has 1 aliphatic rings. The molecule has 0 radical (unpaired) electrons. The van der Waals surface area contributed by atoms with E-state index in [2.05, 4.69) is 15.1 Å². The summed E-state index contributed by atoms with van der Waals surface area (Å²) < 4.78 is 19.8. The molecule has 1 aliphatic heterocycles. The fourth-order valence-electron chi connectivity index (χ4n) is 4.60. The Labute approximate surface area is 212 Å². The summed E-state index contributed by atoms with van der Waals surface area (Å²) in [4.78, 5) is 57.9. The van der Waals surface area contributed by atoms with E-state index in [1.807, 2.05) is 0 Å². The van der Waals surface area contributed by atoms with Gasteiger partial charge in [0.25, 0.3) is 11.8 Å². The van der Waals surface area contributed by atoms with Crippen LogP contribution in [0.2, 0.25) is 0 Å². The average molecular weight is 511 g/mol. The van der Waals surface area contributed by atoms with Crippen molar-refractivity contribution in [3.63, 3.8) is 0 Å². The number of benzene rings is 3. The van der Waals surface area contributed by atoms with E-state index in [-0.39, 0.29) is 17.6 Å². The number of amides is 2.